The number of hydrogen-bond donors (Lipinski definition) is 1. The van der Waals surface area contributed by atoms with Crippen LogP contribution in [0.5, 0.6) is 0 Å². The summed E-state index contributed by atoms with van der Waals surface area (Å²) in [6.07, 6.45) is 6.44. The van der Waals surface area contributed by atoms with Gasteiger partial charge in [-0.15, -0.1) is 0 Å². The number of carbonyl (C=O) groups excluding carboxylic acids is 2. The lowest BCUT2D eigenvalue weighted by molar-refractivity contribution is -0.143. The molecule has 1 aliphatic heterocycles. The number of nitrogen functional groups attached to an aromatic ring is 1. The van der Waals surface area contributed by atoms with E-state index in [0.717, 1.165) is 56.2 Å². The fraction of sp³-hybridized carbons (Fsp3) is 0.667. The van der Waals surface area contributed by atoms with Gasteiger partial charge in [0.25, 0.3) is 5.91 Å². The van der Waals surface area contributed by atoms with Crippen LogP contribution in [0.25, 0.3) is 0 Å². The fourth-order valence-electron chi connectivity index (χ4n) is 4.47. The van der Waals surface area contributed by atoms with Crippen molar-refractivity contribution in [3.05, 3.63) is 17.0 Å². The van der Waals surface area contributed by atoms with E-state index < -0.39 is 0 Å². The van der Waals surface area contributed by atoms with Crippen molar-refractivity contribution in [2.45, 2.75) is 44.9 Å². The summed E-state index contributed by atoms with van der Waals surface area (Å²) in [6.45, 7) is 1.32. The highest BCUT2D eigenvalue weighted by Crippen LogP contribution is 2.59. The standard InChI is InChI=1S/C18H24N4O3/c1-25-16(24)12-10-18(12)6-8-22(9-7-18)15(23)14-11-4-2-3-5-13(11)20-17(19)21-14/h12H,2-10H2,1H3,(H2,19,20,21). The normalized spacial score (nSPS) is 23.9. The molecule has 2 fully saturated rings. The Bertz CT molecular complexity index is 725. The lowest BCUT2D eigenvalue weighted by Gasteiger charge is -2.33. The average molecular weight is 344 g/mol. The van der Waals surface area contributed by atoms with Crippen LogP contribution >= 0.6 is 0 Å². The number of amides is 1. The highest BCUT2D eigenvalue weighted by molar-refractivity contribution is 5.94. The fourth-order valence-corrected chi connectivity index (χ4v) is 4.47. The molecule has 1 saturated heterocycles. The number of fused-ring (bicyclic) bond motifs is 1. The third kappa shape index (κ3) is 2.75. The Morgan fingerprint density at radius 2 is 1.92 bits per heavy atom. The number of hydrogen-bond acceptors (Lipinski definition) is 6. The highest BCUT2D eigenvalue weighted by Gasteiger charge is 2.59. The molecule has 134 valence electrons. The van der Waals surface area contributed by atoms with Crippen LogP contribution in [0.3, 0.4) is 0 Å². The van der Waals surface area contributed by atoms with E-state index >= 15 is 0 Å². The molecule has 4 rings (SSSR count). The molecule has 1 unspecified atom stereocenters. The predicted octanol–water partition coefficient (Wildman–Crippen LogP) is 1.35. The Morgan fingerprint density at radius 3 is 2.64 bits per heavy atom. The summed E-state index contributed by atoms with van der Waals surface area (Å²) < 4.78 is 4.87. The maximum Gasteiger partial charge on any atom is 0.309 e. The molecule has 25 heavy (non-hydrogen) atoms. The van der Waals surface area contributed by atoms with Gasteiger partial charge in [-0.05, 0) is 50.4 Å². The van der Waals surface area contributed by atoms with Crippen molar-refractivity contribution in [1.29, 1.82) is 0 Å². The lowest BCUT2D eigenvalue weighted by atomic mass is 9.90. The van der Waals surface area contributed by atoms with Crippen LogP contribution in [0.4, 0.5) is 5.95 Å². The Hall–Kier alpha value is -2.18. The van der Waals surface area contributed by atoms with Crippen molar-refractivity contribution in [3.8, 4) is 0 Å². The highest BCUT2D eigenvalue weighted by atomic mass is 16.5. The van der Waals surface area contributed by atoms with E-state index in [1.807, 2.05) is 4.90 Å². The average Bonchev–Trinajstić information content (AvgIpc) is 3.33. The molecule has 2 aliphatic carbocycles. The molecule has 1 amide bonds. The van der Waals surface area contributed by atoms with Crippen molar-refractivity contribution < 1.29 is 14.3 Å². The van der Waals surface area contributed by atoms with Crippen LogP contribution < -0.4 is 5.73 Å². The molecule has 1 aromatic rings. The zero-order chi connectivity index (χ0) is 17.6. The van der Waals surface area contributed by atoms with Gasteiger partial charge in [0, 0.05) is 24.3 Å². The molecule has 3 aliphatic rings. The second-order valence-corrected chi connectivity index (χ2v) is 7.50. The van der Waals surface area contributed by atoms with Gasteiger partial charge in [-0.25, -0.2) is 9.97 Å². The summed E-state index contributed by atoms with van der Waals surface area (Å²) >= 11 is 0. The smallest absolute Gasteiger partial charge is 0.309 e. The summed E-state index contributed by atoms with van der Waals surface area (Å²) in [6, 6.07) is 0. The van der Waals surface area contributed by atoms with Crippen molar-refractivity contribution in [1.82, 2.24) is 14.9 Å². The number of esters is 1. The van der Waals surface area contributed by atoms with E-state index in [1.165, 1.54) is 7.11 Å². The Labute approximate surface area is 146 Å². The predicted molar refractivity (Wildman–Crippen MR) is 90.8 cm³/mol. The molecule has 7 heteroatoms. The van der Waals surface area contributed by atoms with E-state index in [1.54, 1.807) is 0 Å². The van der Waals surface area contributed by atoms with Gasteiger partial charge in [0.2, 0.25) is 5.95 Å². The van der Waals surface area contributed by atoms with E-state index in [0.29, 0.717) is 18.8 Å². The Balaban J connectivity index is 1.49. The van der Waals surface area contributed by atoms with Gasteiger partial charge in [0.15, 0.2) is 0 Å². The molecule has 0 aromatic carbocycles. The van der Waals surface area contributed by atoms with Crippen LogP contribution in [-0.4, -0.2) is 46.9 Å². The van der Waals surface area contributed by atoms with Crippen molar-refractivity contribution >= 4 is 17.8 Å². The summed E-state index contributed by atoms with van der Waals surface area (Å²) in [4.78, 5) is 35.2. The first kappa shape index (κ1) is 16.3. The zero-order valence-corrected chi connectivity index (χ0v) is 14.6. The maximum absolute atomic E-state index is 13.0. The van der Waals surface area contributed by atoms with E-state index in [4.69, 9.17) is 10.5 Å². The first-order chi connectivity index (χ1) is 12.0. The number of piperidine rings is 1. The van der Waals surface area contributed by atoms with E-state index in [2.05, 4.69) is 9.97 Å². The van der Waals surface area contributed by atoms with Crippen molar-refractivity contribution in [3.63, 3.8) is 0 Å². The number of nitrogens with two attached hydrogens (primary N) is 1. The number of aryl methyl sites for hydroxylation is 1. The minimum atomic E-state index is -0.113. The topological polar surface area (TPSA) is 98.4 Å². The molecular weight excluding hydrogens is 320 g/mol. The van der Waals surface area contributed by atoms with Crippen LogP contribution in [0.2, 0.25) is 0 Å². The minimum absolute atomic E-state index is 0.0113. The summed E-state index contributed by atoms with van der Waals surface area (Å²) in [5, 5.41) is 0. The number of carbonyl (C=O) groups is 2. The van der Waals surface area contributed by atoms with Gasteiger partial charge in [0.05, 0.1) is 13.0 Å². The SMILES string of the molecule is COC(=O)C1CC12CCN(C(=O)c1nc(N)nc3c1CCCC3)CC2. The van der Waals surface area contributed by atoms with Gasteiger partial charge in [-0.1, -0.05) is 0 Å². The summed E-state index contributed by atoms with van der Waals surface area (Å²) in [7, 11) is 1.44. The second kappa shape index (κ2) is 5.97. The molecule has 1 atom stereocenters. The lowest BCUT2D eigenvalue weighted by Crippen LogP contribution is -2.41. The Morgan fingerprint density at radius 1 is 1.20 bits per heavy atom. The first-order valence-corrected chi connectivity index (χ1v) is 9.06. The van der Waals surface area contributed by atoms with Crippen LogP contribution in [-0.2, 0) is 22.4 Å². The van der Waals surface area contributed by atoms with Crippen molar-refractivity contribution in [2.75, 3.05) is 25.9 Å². The number of methoxy groups -OCH3 is 1. The van der Waals surface area contributed by atoms with E-state index in [9.17, 15) is 9.59 Å². The van der Waals surface area contributed by atoms with Crippen molar-refractivity contribution in [2.24, 2.45) is 11.3 Å². The molecule has 2 heterocycles. The number of nitrogens with zero attached hydrogens (tertiary/aromatic N) is 3. The van der Waals surface area contributed by atoms with Crippen LogP contribution in [0.1, 0.15) is 53.8 Å². The van der Waals surface area contributed by atoms with E-state index in [-0.39, 0.29) is 29.2 Å². The van der Waals surface area contributed by atoms with Crippen LogP contribution in [0.15, 0.2) is 0 Å². The monoisotopic (exact) mass is 344 g/mol. The first-order valence-electron chi connectivity index (χ1n) is 9.06. The number of likely N-dealkylation sites (tertiary alicyclic amines) is 1. The third-order valence-corrected chi connectivity index (χ3v) is 6.12. The van der Waals surface area contributed by atoms with Crippen LogP contribution in [0, 0.1) is 11.3 Å². The quantitative estimate of drug-likeness (QED) is 0.813. The molecular formula is C18H24N4O3. The number of aromatic nitrogens is 2. The molecule has 2 N–H and O–H groups in total. The van der Waals surface area contributed by atoms with Gasteiger partial charge in [0.1, 0.15) is 5.69 Å². The number of rotatable bonds is 2. The van der Waals surface area contributed by atoms with Gasteiger partial charge in [-0.2, -0.15) is 0 Å². The number of anilines is 1. The largest absolute Gasteiger partial charge is 0.469 e. The second-order valence-electron chi connectivity index (χ2n) is 7.50. The molecule has 1 aromatic heterocycles. The zero-order valence-electron chi connectivity index (χ0n) is 14.6. The summed E-state index contributed by atoms with van der Waals surface area (Å²) in [5.74, 6) is 0.0393. The number of ether oxygens (including phenoxy) is 1. The molecule has 0 radical (unpaired) electrons. The molecule has 1 saturated carbocycles. The Kier molecular flexibility index (Phi) is 3.89. The molecule has 0 bridgehead atoms. The van der Waals surface area contributed by atoms with Gasteiger partial charge in [-0.3, -0.25) is 9.59 Å². The van der Waals surface area contributed by atoms with Gasteiger partial charge >= 0.3 is 5.97 Å². The molecule has 7 nitrogen and oxygen atoms in total. The summed E-state index contributed by atoms with van der Waals surface area (Å²) in [5.41, 5.74) is 8.27. The third-order valence-electron chi connectivity index (χ3n) is 6.12. The maximum atomic E-state index is 13.0. The van der Waals surface area contributed by atoms with Gasteiger partial charge < -0.3 is 15.4 Å². The molecule has 1 spiro atoms. The minimum Gasteiger partial charge on any atom is -0.469 e.